The normalized spacial score (nSPS) is 9.84. The molecule has 96 valence electrons. The lowest BCUT2D eigenvalue weighted by Gasteiger charge is -2.04. The van der Waals surface area contributed by atoms with E-state index in [1.165, 1.54) is 11.3 Å². The van der Waals surface area contributed by atoms with Crippen LogP contribution in [0.4, 0.5) is 0 Å². The molecule has 19 heavy (non-hydrogen) atoms. The third kappa shape index (κ3) is 4.19. The Bertz CT molecular complexity index is 570. The van der Waals surface area contributed by atoms with Crippen LogP contribution in [0.1, 0.15) is 23.2 Å². The van der Waals surface area contributed by atoms with Gasteiger partial charge in [0.2, 0.25) is 0 Å². The number of nitrogens with zero attached hydrogens (tertiary/aromatic N) is 2. The molecule has 5 heteroatoms. The summed E-state index contributed by atoms with van der Waals surface area (Å²) in [4.78, 5) is 15.6. The van der Waals surface area contributed by atoms with Crippen molar-refractivity contribution in [2.24, 2.45) is 0 Å². The highest BCUT2D eigenvalue weighted by Crippen LogP contribution is 2.07. The van der Waals surface area contributed by atoms with Crippen molar-refractivity contribution in [1.82, 2.24) is 4.98 Å². The monoisotopic (exact) mass is 272 g/mol. The number of thiazole rings is 1. The van der Waals surface area contributed by atoms with Gasteiger partial charge in [0.15, 0.2) is 0 Å². The molecule has 0 fully saturated rings. The summed E-state index contributed by atoms with van der Waals surface area (Å²) in [5.74, 6) is -0.239. The molecule has 2 rings (SSSR count). The van der Waals surface area contributed by atoms with Crippen LogP contribution < -0.4 is 0 Å². The highest BCUT2D eigenvalue weighted by molar-refractivity contribution is 7.07. The fraction of sp³-hybridized carbons (Fsp3) is 0.214. The maximum absolute atomic E-state index is 11.5. The molecular weight excluding hydrogens is 260 g/mol. The quantitative estimate of drug-likeness (QED) is 0.785. The van der Waals surface area contributed by atoms with Crippen LogP contribution in [0.3, 0.4) is 0 Å². The average molecular weight is 272 g/mol. The molecular formula is C14H12N2O2S. The van der Waals surface area contributed by atoms with E-state index in [0.717, 1.165) is 11.3 Å². The number of esters is 1. The Labute approximate surface area is 115 Å². The van der Waals surface area contributed by atoms with E-state index in [1.807, 2.05) is 11.4 Å². The molecule has 0 unspecified atom stereocenters. The molecule has 1 aromatic carbocycles. The maximum Gasteiger partial charge on any atom is 0.306 e. The van der Waals surface area contributed by atoms with Gasteiger partial charge in [0, 0.05) is 11.8 Å². The smallest absolute Gasteiger partial charge is 0.306 e. The number of ether oxygens (including phenoxy) is 1. The second-order valence-corrected chi connectivity index (χ2v) is 4.67. The number of carbonyl (C=O) groups is 1. The summed E-state index contributed by atoms with van der Waals surface area (Å²) >= 11 is 1.52. The largest absolute Gasteiger partial charge is 0.461 e. The minimum atomic E-state index is -0.239. The number of hydrogen-bond acceptors (Lipinski definition) is 5. The number of nitriles is 1. The molecule has 0 spiro atoms. The average Bonchev–Trinajstić information content (AvgIpc) is 2.96. The molecule has 0 aliphatic heterocycles. The van der Waals surface area contributed by atoms with Crippen LogP contribution in [0.5, 0.6) is 0 Å². The fourth-order valence-corrected chi connectivity index (χ4v) is 2.10. The highest BCUT2D eigenvalue weighted by Gasteiger charge is 2.05. The first-order valence-electron chi connectivity index (χ1n) is 5.79. The van der Waals surface area contributed by atoms with Crippen molar-refractivity contribution in [2.75, 3.05) is 0 Å². The van der Waals surface area contributed by atoms with Gasteiger partial charge < -0.3 is 4.74 Å². The molecule has 2 aromatic rings. The molecule has 0 amide bonds. The number of rotatable bonds is 5. The zero-order valence-corrected chi connectivity index (χ0v) is 11.0. The molecule has 4 nitrogen and oxygen atoms in total. The summed E-state index contributed by atoms with van der Waals surface area (Å²) in [6, 6.07) is 9.02. The zero-order valence-electron chi connectivity index (χ0n) is 10.2. The van der Waals surface area contributed by atoms with E-state index in [0.29, 0.717) is 18.4 Å². The van der Waals surface area contributed by atoms with Crippen LogP contribution in [0, 0.1) is 11.3 Å². The molecule has 1 aromatic heterocycles. The van der Waals surface area contributed by atoms with E-state index in [4.69, 9.17) is 10.00 Å². The fourth-order valence-electron chi connectivity index (χ4n) is 1.50. The van der Waals surface area contributed by atoms with Crippen molar-refractivity contribution in [3.05, 3.63) is 52.0 Å². The number of carbonyl (C=O) groups excluding carboxylic acids is 1. The number of hydrogen-bond donors (Lipinski definition) is 0. The lowest BCUT2D eigenvalue weighted by molar-refractivity contribution is -0.144. The van der Waals surface area contributed by atoms with Crippen LogP contribution >= 0.6 is 11.3 Å². The summed E-state index contributed by atoms with van der Waals surface area (Å²) in [5.41, 5.74) is 4.14. The first kappa shape index (κ1) is 13.2. The van der Waals surface area contributed by atoms with E-state index in [9.17, 15) is 4.79 Å². The van der Waals surface area contributed by atoms with Gasteiger partial charge in [0.25, 0.3) is 0 Å². The Balaban J connectivity index is 1.75. The van der Waals surface area contributed by atoms with Crippen molar-refractivity contribution in [2.45, 2.75) is 19.4 Å². The Morgan fingerprint density at radius 2 is 2.16 bits per heavy atom. The molecule has 0 saturated carbocycles. The lowest BCUT2D eigenvalue weighted by Crippen LogP contribution is -2.06. The van der Waals surface area contributed by atoms with E-state index in [1.54, 1.807) is 29.8 Å². The standard InChI is InChI=1S/C14H12N2O2S/c15-7-11-1-3-12(4-2-11)8-18-14(17)6-5-13-9-19-10-16-13/h1-4,9-10H,5-6,8H2. The summed E-state index contributed by atoms with van der Waals surface area (Å²) in [7, 11) is 0. The van der Waals surface area contributed by atoms with Gasteiger partial charge in [-0.25, -0.2) is 4.98 Å². The molecule has 0 atom stereocenters. The first-order chi connectivity index (χ1) is 9.28. The SMILES string of the molecule is N#Cc1ccc(COC(=O)CCc2cscn2)cc1. The predicted octanol–water partition coefficient (Wildman–Crippen LogP) is 2.69. The van der Waals surface area contributed by atoms with Gasteiger partial charge in [0.05, 0.1) is 29.3 Å². The third-order valence-electron chi connectivity index (χ3n) is 2.55. The van der Waals surface area contributed by atoms with Crippen LogP contribution in [-0.4, -0.2) is 11.0 Å². The van der Waals surface area contributed by atoms with Gasteiger partial charge in [-0.05, 0) is 17.7 Å². The van der Waals surface area contributed by atoms with Crippen molar-refractivity contribution in [1.29, 1.82) is 5.26 Å². The minimum Gasteiger partial charge on any atom is -0.461 e. The van der Waals surface area contributed by atoms with Gasteiger partial charge in [-0.1, -0.05) is 12.1 Å². The Morgan fingerprint density at radius 1 is 1.37 bits per heavy atom. The molecule has 1 heterocycles. The molecule has 0 aliphatic carbocycles. The van der Waals surface area contributed by atoms with Crippen molar-refractivity contribution < 1.29 is 9.53 Å². The first-order valence-corrected chi connectivity index (χ1v) is 6.74. The van der Waals surface area contributed by atoms with Gasteiger partial charge in [0.1, 0.15) is 6.61 Å². The predicted molar refractivity (Wildman–Crippen MR) is 71.4 cm³/mol. The zero-order chi connectivity index (χ0) is 13.5. The molecule has 0 saturated heterocycles. The summed E-state index contributed by atoms with van der Waals surface area (Å²) in [5, 5.41) is 10.6. The van der Waals surface area contributed by atoms with Crippen LogP contribution in [0.2, 0.25) is 0 Å². The van der Waals surface area contributed by atoms with E-state index >= 15 is 0 Å². The number of benzene rings is 1. The highest BCUT2D eigenvalue weighted by atomic mass is 32.1. The third-order valence-corrected chi connectivity index (χ3v) is 3.19. The van der Waals surface area contributed by atoms with Gasteiger partial charge in [-0.2, -0.15) is 5.26 Å². The topological polar surface area (TPSA) is 63.0 Å². The Kier molecular flexibility index (Phi) is 4.65. The summed E-state index contributed by atoms with van der Waals surface area (Å²) in [6.07, 6.45) is 0.940. The van der Waals surface area contributed by atoms with E-state index < -0.39 is 0 Å². The van der Waals surface area contributed by atoms with E-state index in [2.05, 4.69) is 4.98 Å². The molecule has 0 radical (unpaired) electrons. The van der Waals surface area contributed by atoms with Crippen molar-refractivity contribution >= 4 is 17.3 Å². The van der Waals surface area contributed by atoms with Crippen LogP contribution in [0.15, 0.2) is 35.2 Å². The van der Waals surface area contributed by atoms with Gasteiger partial charge in [-0.15, -0.1) is 11.3 Å². The van der Waals surface area contributed by atoms with Crippen molar-refractivity contribution in [3.8, 4) is 6.07 Å². The number of aromatic nitrogens is 1. The molecule has 0 aliphatic rings. The molecule has 0 N–H and O–H groups in total. The summed E-state index contributed by atoms with van der Waals surface area (Å²) in [6.45, 7) is 0.238. The van der Waals surface area contributed by atoms with E-state index in [-0.39, 0.29) is 12.6 Å². The maximum atomic E-state index is 11.5. The summed E-state index contributed by atoms with van der Waals surface area (Å²) < 4.78 is 5.15. The number of aryl methyl sites for hydroxylation is 1. The second kappa shape index (κ2) is 6.66. The van der Waals surface area contributed by atoms with Crippen LogP contribution in [0.25, 0.3) is 0 Å². The van der Waals surface area contributed by atoms with Crippen LogP contribution in [-0.2, 0) is 22.6 Å². The Morgan fingerprint density at radius 3 is 2.79 bits per heavy atom. The second-order valence-electron chi connectivity index (χ2n) is 3.95. The van der Waals surface area contributed by atoms with Gasteiger partial charge in [-0.3, -0.25) is 4.79 Å². The van der Waals surface area contributed by atoms with Crippen molar-refractivity contribution in [3.63, 3.8) is 0 Å². The molecule has 0 bridgehead atoms. The Hall–Kier alpha value is -2.19. The van der Waals surface area contributed by atoms with Gasteiger partial charge >= 0.3 is 5.97 Å². The lowest BCUT2D eigenvalue weighted by atomic mass is 10.1. The minimum absolute atomic E-state index is 0.238.